The summed E-state index contributed by atoms with van der Waals surface area (Å²) in [7, 11) is 3.53. The molecule has 4 heteroatoms. The second kappa shape index (κ2) is 10.6. The molecule has 4 nitrogen and oxygen atoms in total. The number of nitrogens with zero attached hydrogens (tertiary/aromatic N) is 2. The van der Waals surface area contributed by atoms with Crippen LogP contribution in [-0.2, 0) is 9.68 Å². The van der Waals surface area contributed by atoms with Gasteiger partial charge in [-0.25, -0.2) is 0 Å². The van der Waals surface area contributed by atoms with E-state index in [9.17, 15) is 0 Å². The first-order chi connectivity index (χ1) is 9.38. The van der Waals surface area contributed by atoms with Crippen LogP contribution >= 0.6 is 0 Å². The highest BCUT2D eigenvalue weighted by Crippen LogP contribution is 2.22. The lowest BCUT2D eigenvalue weighted by molar-refractivity contribution is -0.195. The summed E-state index contributed by atoms with van der Waals surface area (Å²) in [4.78, 5) is 10.9. The maximum Gasteiger partial charge on any atom is 0.0575 e. The maximum atomic E-state index is 5.55. The van der Waals surface area contributed by atoms with Gasteiger partial charge >= 0.3 is 0 Å². The van der Waals surface area contributed by atoms with Crippen molar-refractivity contribution in [2.45, 2.75) is 78.3 Å². The molecule has 0 fully saturated rings. The highest BCUT2D eigenvalue weighted by Gasteiger charge is 2.26. The Labute approximate surface area is 126 Å². The lowest BCUT2D eigenvalue weighted by Gasteiger charge is -2.36. The van der Waals surface area contributed by atoms with E-state index in [2.05, 4.69) is 39.7 Å². The van der Waals surface area contributed by atoms with Crippen molar-refractivity contribution in [2.75, 3.05) is 27.3 Å². The van der Waals surface area contributed by atoms with Gasteiger partial charge in [0.25, 0.3) is 0 Å². The lowest BCUT2D eigenvalue weighted by Crippen LogP contribution is -2.43. The molecule has 0 bridgehead atoms. The first-order valence-electron chi connectivity index (χ1n) is 8.01. The molecule has 0 saturated heterocycles. The van der Waals surface area contributed by atoms with Gasteiger partial charge in [0.2, 0.25) is 0 Å². The Hall–Kier alpha value is -0.160. The maximum absolute atomic E-state index is 5.55. The Bertz CT molecular complexity index is 233. The lowest BCUT2D eigenvalue weighted by atomic mass is 9.96. The van der Waals surface area contributed by atoms with Gasteiger partial charge < -0.3 is 9.68 Å². The van der Waals surface area contributed by atoms with Gasteiger partial charge in [-0.3, -0.25) is 0 Å². The average molecular weight is 288 g/mol. The van der Waals surface area contributed by atoms with Gasteiger partial charge in [0.1, 0.15) is 0 Å². The van der Waals surface area contributed by atoms with Crippen molar-refractivity contribution in [1.82, 2.24) is 10.1 Å². The van der Waals surface area contributed by atoms with E-state index < -0.39 is 0 Å². The molecular formula is C16H36N2O2. The van der Waals surface area contributed by atoms with Crippen molar-refractivity contribution >= 4 is 0 Å². The SMILES string of the molecule is CCCCN(OC)C(C)(C)CCCCN(OC)C(C)C. The van der Waals surface area contributed by atoms with Crippen molar-refractivity contribution in [2.24, 2.45) is 0 Å². The summed E-state index contributed by atoms with van der Waals surface area (Å²) in [5.74, 6) is 0. The summed E-state index contributed by atoms with van der Waals surface area (Å²) >= 11 is 0. The number of hydroxylamine groups is 4. The molecule has 0 aliphatic carbocycles. The van der Waals surface area contributed by atoms with Crippen LogP contribution in [0.3, 0.4) is 0 Å². The van der Waals surface area contributed by atoms with Crippen LogP contribution < -0.4 is 0 Å². The minimum absolute atomic E-state index is 0.0969. The molecule has 0 radical (unpaired) electrons. The van der Waals surface area contributed by atoms with Crippen LogP contribution in [-0.4, -0.2) is 49.0 Å². The van der Waals surface area contributed by atoms with Crippen LogP contribution in [0, 0.1) is 0 Å². The fourth-order valence-electron chi connectivity index (χ4n) is 2.45. The fourth-order valence-corrected chi connectivity index (χ4v) is 2.45. The van der Waals surface area contributed by atoms with Crippen molar-refractivity contribution < 1.29 is 9.68 Å². The Morgan fingerprint density at radius 3 is 2.05 bits per heavy atom. The van der Waals surface area contributed by atoms with Crippen LogP contribution in [0.2, 0.25) is 0 Å². The molecule has 0 heterocycles. The molecule has 0 unspecified atom stereocenters. The zero-order chi connectivity index (χ0) is 15.6. The van der Waals surface area contributed by atoms with Gasteiger partial charge in [-0.15, -0.1) is 0 Å². The molecule has 0 saturated carbocycles. The zero-order valence-corrected chi connectivity index (χ0v) is 14.7. The second-order valence-electron chi connectivity index (χ2n) is 6.32. The van der Waals surface area contributed by atoms with E-state index in [0.717, 1.165) is 25.9 Å². The summed E-state index contributed by atoms with van der Waals surface area (Å²) < 4.78 is 0. The molecule has 0 amide bonds. The van der Waals surface area contributed by atoms with Crippen LogP contribution in [0.25, 0.3) is 0 Å². The average Bonchev–Trinajstić information content (AvgIpc) is 2.38. The van der Waals surface area contributed by atoms with Gasteiger partial charge in [0.05, 0.1) is 14.2 Å². The predicted octanol–water partition coefficient (Wildman–Crippen LogP) is 3.87. The molecule has 0 atom stereocenters. The first-order valence-corrected chi connectivity index (χ1v) is 8.01. The van der Waals surface area contributed by atoms with Gasteiger partial charge in [-0.1, -0.05) is 19.8 Å². The third kappa shape index (κ3) is 7.58. The highest BCUT2D eigenvalue weighted by atomic mass is 16.7. The van der Waals surface area contributed by atoms with Gasteiger partial charge in [-0.2, -0.15) is 10.1 Å². The number of hydrogen-bond donors (Lipinski definition) is 0. The van der Waals surface area contributed by atoms with E-state index in [-0.39, 0.29) is 5.54 Å². The molecule has 0 N–H and O–H groups in total. The van der Waals surface area contributed by atoms with Crippen molar-refractivity contribution in [3.63, 3.8) is 0 Å². The largest absolute Gasteiger partial charge is 0.302 e. The van der Waals surface area contributed by atoms with Crippen molar-refractivity contribution in [3.8, 4) is 0 Å². The molecule has 0 aromatic rings. The van der Waals surface area contributed by atoms with E-state index in [0.29, 0.717) is 6.04 Å². The Morgan fingerprint density at radius 1 is 0.950 bits per heavy atom. The van der Waals surface area contributed by atoms with Gasteiger partial charge in [-0.05, 0) is 47.0 Å². The Balaban J connectivity index is 4.07. The third-order valence-electron chi connectivity index (χ3n) is 3.84. The number of rotatable bonds is 12. The second-order valence-corrected chi connectivity index (χ2v) is 6.32. The standard InChI is InChI=1S/C16H36N2O2/c1-8-9-14-18(20-7)16(4,5)12-10-11-13-17(19-6)15(2)3/h15H,8-14H2,1-7H3. The molecule has 0 aromatic carbocycles. The minimum Gasteiger partial charge on any atom is -0.302 e. The Morgan fingerprint density at radius 2 is 1.60 bits per heavy atom. The smallest absolute Gasteiger partial charge is 0.0575 e. The molecule has 122 valence electrons. The molecule has 20 heavy (non-hydrogen) atoms. The summed E-state index contributed by atoms with van der Waals surface area (Å²) in [6, 6.07) is 0.438. The van der Waals surface area contributed by atoms with Gasteiger partial charge in [0, 0.05) is 24.7 Å². The fraction of sp³-hybridized carbons (Fsp3) is 1.00. The molecule has 0 spiro atoms. The predicted molar refractivity (Wildman–Crippen MR) is 85.4 cm³/mol. The topological polar surface area (TPSA) is 24.9 Å². The molecular weight excluding hydrogens is 252 g/mol. The zero-order valence-electron chi connectivity index (χ0n) is 14.7. The van der Waals surface area contributed by atoms with E-state index in [1.807, 2.05) is 5.06 Å². The van der Waals surface area contributed by atoms with E-state index in [4.69, 9.17) is 9.68 Å². The highest BCUT2D eigenvalue weighted by molar-refractivity contribution is 4.76. The number of hydrogen-bond acceptors (Lipinski definition) is 4. The van der Waals surface area contributed by atoms with E-state index in [1.54, 1.807) is 14.2 Å². The van der Waals surface area contributed by atoms with Crippen LogP contribution in [0.4, 0.5) is 0 Å². The van der Waals surface area contributed by atoms with Crippen LogP contribution in [0.5, 0.6) is 0 Å². The minimum atomic E-state index is 0.0969. The van der Waals surface area contributed by atoms with Crippen molar-refractivity contribution in [1.29, 1.82) is 0 Å². The summed E-state index contributed by atoms with van der Waals surface area (Å²) in [6.45, 7) is 13.1. The summed E-state index contributed by atoms with van der Waals surface area (Å²) in [6.07, 6.45) is 5.86. The normalized spacial score (nSPS) is 12.9. The quantitative estimate of drug-likeness (QED) is 0.402. The molecule has 0 rings (SSSR count). The Kier molecular flexibility index (Phi) is 10.5. The van der Waals surface area contributed by atoms with E-state index >= 15 is 0 Å². The molecule has 0 aliphatic heterocycles. The van der Waals surface area contributed by atoms with Crippen LogP contribution in [0.15, 0.2) is 0 Å². The summed E-state index contributed by atoms with van der Waals surface area (Å²) in [5, 5.41) is 4.17. The first kappa shape index (κ1) is 19.8. The van der Waals surface area contributed by atoms with E-state index in [1.165, 1.54) is 19.3 Å². The van der Waals surface area contributed by atoms with Gasteiger partial charge in [0.15, 0.2) is 0 Å². The monoisotopic (exact) mass is 288 g/mol. The summed E-state index contributed by atoms with van der Waals surface area (Å²) in [5.41, 5.74) is 0.0969. The molecule has 0 aliphatic rings. The van der Waals surface area contributed by atoms with Crippen LogP contribution in [0.1, 0.15) is 66.7 Å². The molecule has 0 aromatic heterocycles. The third-order valence-corrected chi connectivity index (χ3v) is 3.84. The number of unbranched alkanes of at least 4 members (excludes halogenated alkanes) is 2. The van der Waals surface area contributed by atoms with Crippen molar-refractivity contribution in [3.05, 3.63) is 0 Å².